The molecule has 0 aromatic carbocycles. The summed E-state index contributed by atoms with van der Waals surface area (Å²) in [5, 5.41) is 9.65. The lowest BCUT2D eigenvalue weighted by Gasteiger charge is -2.16. The predicted octanol–water partition coefficient (Wildman–Crippen LogP) is 0.769. The Bertz CT molecular complexity index is 322. The van der Waals surface area contributed by atoms with Crippen molar-refractivity contribution in [2.75, 3.05) is 13.7 Å². The highest BCUT2D eigenvalue weighted by Gasteiger charge is 2.16. The third-order valence-electron chi connectivity index (χ3n) is 2.88. The molecule has 0 saturated carbocycles. The Morgan fingerprint density at radius 2 is 2.33 bits per heavy atom. The summed E-state index contributed by atoms with van der Waals surface area (Å²) in [5.41, 5.74) is 2.52. The van der Waals surface area contributed by atoms with E-state index in [1.165, 1.54) is 24.2 Å². The molecule has 0 saturated heterocycles. The molecular weight excluding hydrogens is 192 g/mol. The molecule has 1 aliphatic carbocycles. The summed E-state index contributed by atoms with van der Waals surface area (Å²) >= 11 is 0. The average molecular weight is 210 g/mol. The Labute approximate surface area is 89.9 Å². The molecule has 1 aromatic heterocycles. The van der Waals surface area contributed by atoms with E-state index in [4.69, 9.17) is 4.74 Å². The van der Waals surface area contributed by atoms with Crippen LogP contribution in [-0.2, 0) is 24.1 Å². The molecule has 0 bridgehead atoms. The molecule has 1 atom stereocenters. The minimum atomic E-state index is -0.435. The number of fused-ring (bicyclic) bond motifs is 1. The Kier molecular flexibility index (Phi) is 3.38. The van der Waals surface area contributed by atoms with E-state index in [0.717, 1.165) is 12.8 Å². The quantitative estimate of drug-likeness (QED) is 0.798. The molecule has 0 amide bonds. The molecule has 0 aliphatic heterocycles. The first kappa shape index (κ1) is 10.6. The van der Waals surface area contributed by atoms with Gasteiger partial charge in [0.1, 0.15) is 0 Å². The summed E-state index contributed by atoms with van der Waals surface area (Å²) < 4.78 is 6.98. The van der Waals surface area contributed by atoms with Crippen LogP contribution in [0.2, 0.25) is 0 Å². The Balaban J connectivity index is 2.05. The van der Waals surface area contributed by atoms with Crippen LogP contribution in [0.1, 0.15) is 24.2 Å². The largest absolute Gasteiger partial charge is 0.389 e. The number of hydrogen-bond donors (Lipinski definition) is 1. The molecule has 1 aliphatic rings. The lowest BCUT2D eigenvalue weighted by Crippen LogP contribution is -2.22. The van der Waals surface area contributed by atoms with Gasteiger partial charge in [0, 0.05) is 12.8 Å². The minimum Gasteiger partial charge on any atom is -0.389 e. The minimum absolute atomic E-state index is 0.382. The molecule has 1 N–H and O–H groups in total. The van der Waals surface area contributed by atoms with Gasteiger partial charge in [-0.2, -0.15) is 0 Å². The first-order valence-electron chi connectivity index (χ1n) is 5.51. The van der Waals surface area contributed by atoms with Crippen LogP contribution in [0.15, 0.2) is 6.33 Å². The second kappa shape index (κ2) is 4.77. The summed E-state index contributed by atoms with van der Waals surface area (Å²) in [7, 11) is 1.60. The molecule has 1 aromatic rings. The lowest BCUT2D eigenvalue weighted by atomic mass is 10.0. The number of aromatic nitrogens is 2. The van der Waals surface area contributed by atoms with Crippen molar-refractivity contribution in [2.45, 2.75) is 38.3 Å². The van der Waals surface area contributed by atoms with Crippen LogP contribution in [0.5, 0.6) is 0 Å². The second-order valence-corrected chi connectivity index (χ2v) is 4.11. The number of aliphatic hydroxyl groups excluding tert-OH is 1. The van der Waals surface area contributed by atoms with Crippen molar-refractivity contribution < 1.29 is 9.84 Å². The van der Waals surface area contributed by atoms with Crippen LogP contribution in [0.4, 0.5) is 0 Å². The number of aliphatic hydroxyl groups is 1. The van der Waals surface area contributed by atoms with Crippen LogP contribution >= 0.6 is 0 Å². The number of nitrogens with zero attached hydrogens (tertiary/aromatic N) is 2. The number of rotatable bonds is 4. The Hall–Kier alpha value is -0.870. The van der Waals surface area contributed by atoms with Gasteiger partial charge in [0.15, 0.2) is 0 Å². The zero-order chi connectivity index (χ0) is 10.7. The third kappa shape index (κ3) is 2.38. The van der Waals surface area contributed by atoms with Crippen LogP contribution in [-0.4, -0.2) is 34.5 Å². The number of ether oxygens (including phenoxy) is 1. The van der Waals surface area contributed by atoms with Gasteiger partial charge in [-0.05, 0) is 25.7 Å². The summed E-state index contributed by atoms with van der Waals surface area (Å²) in [6.45, 7) is 0.975. The molecular formula is C11H18N2O2. The van der Waals surface area contributed by atoms with E-state index >= 15 is 0 Å². The first-order valence-corrected chi connectivity index (χ1v) is 5.51. The average Bonchev–Trinajstić information content (AvgIpc) is 2.62. The molecule has 1 heterocycles. The van der Waals surface area contributed by atoms with Crippen molar-refractivity contribution in [1.82, 2.24) is 9.55 Å². The monoisotopic (exact) mass is 210 g/mol. The van der Waals surface area contributed by atoms with E-state index in [0.29, 0.717) is 13.2 Å². The highest BCUT2D eigenvalue weighted by Crippen LogP contribution is 2.19. The van der Waals surface area contributed by atoms with Gasteiger partial charge < -0.3 is 14.4 Å². The van der Waals surface area contributed by atoms with Gasteiger partial charge in [0.05, 0.1) is 31.3 Å². The van der Waals surface area contributed by atoms with Crippen LogP contribution < -0.4 is 0 Å². The van der Waals surface area contributed by atoms with Crippen molar-refractivity contribution in [3.8, 4) is 0 Å². The molecule has 4 heteroatoms. The fraction of sp³-hybridized carbons (Fsp3) is 0.727. The molecule has 4 nitrogen and oxygen atoms in total. The Morgan fingerprint density at radius 1 is 1.53 bits per heavy atom. The summed E-state index contributed by atoms with van der Waals surface area (Å²) in [6.07, 6.45) is 6.06. The molecule has 0 spiro atoms. The molecule has 84 valence electrons. The summed E-state index contributed by atoms with van der Waals surface area (Å²) in [4.78, 5) is 4.38. The highest BCUT2D eigenvalue weighted by atomic mass is 16.5. The third-order valence-corrected chi connectivity index (χ3v) is 2.88. The summed E-state index contributed by atoms with van der Waals surface area (Å²) in [6, 6.07) is 0. The van der Waals surface area contributed by atoms with Gasteiger partial charge in [-0.3, -0.25) is 0 Å². The number of hydrogen-bond acceptors (Lipinski definition) is 3. The molecule has 15 heavy (non-hydrogen) atoms. The van der Waals surface area contributed by atoms with Gasteiger partial charge in [-0.1, -0.05) is 0 Å². The predicted molar refractivity (Wildman–Crippen MR) is 56.8 cm³/mol. The highest BCUT2D eigenvalue weighted by molar-refractivity contribution is 5.16. The molecule has 0 radical (unpaired) electrons. The second-order valence-electron chi connectivity index (χ2n) is 4.11. The topological polar surface area (TPSA) is 47.3 Å². The van der Waals surface area contributed by atoms with E-state index in [2.05, 4.69) is 9.55 Å². The number of methoxy groups -OCH3 is 1. The zero-order valence-corrected chi connectivity index (χ0v) is 9.15. The SMILES string of the molecule is COCC(O)Cn1cnc2c1CCCC2. The van der Waals surface area contributed by atoms with E-state index in [-0.39, 0.29) is 0 Å². The zero-order valence-electron chi connectivity index (χ0n) is 9.15. The van der Waals surface area contributed by atoms with Gasteiger partial charge in [0.25, 0.3) is 0 Å². The maximum atomic E-state index is 9.65. The Morgan fingerprint density at radius 3 is 3.13 bits per heavy atom. The number of imidazole rings is 1. The normalized spacial score (nSPS) is 17.5. The molecule has 2 rings (SSSR count). The van der Waals surface area contributed by atoms with Crippen molar-refractivity contribution in [3.63, 3.8) is 0 Å². The maximum Gasteiger partial charge on any atom is 0.0952 e. The van der Waals surface area contributed by atoms with E-state index < -0.39 is 6.10 Å². The van der Waals surface area contributed by atoms with Crippen LogP contribution in [0.25, 0.3) is 0 Å². The van der Waals surface area contributed by atoms with Crippen molar-refractivity contribution in [2.24, 2.45) is 0 Å². The van der Waals surface area contributed by atoms with Gasteiger partial charge in [-0.25, -0.2) is 4.98 Å². The van der Waals surface area contributed by atoms with Crippen LogP contribution in [0, 0.1) is 0 Å². The standard InChI is InChI=1S/C11H18N2O2/c1-15-7-9(14)6-13-8-12-10-4-2-3-5-11(10)13/h8-9,14H,2-7H2,1H3. The maximum absolute atomic E-state index is 9.65. The molecule has 1 unspecified atom stereocenters. The van der Waals surface area contributed by atoms with Crippen molar-refractivity contribution >= 4 is 0 Å². The fourth-order valence-corrected chi connectivity index (χ4v) is 2.16. The van der Waals surface area contributed by atoms with Crippen molar-refractivity contribution in [3.05, 3.63) is 17.7 Å². The summed E-state index contributed by atoms with van der Waals surface area (Å²) in [5.74, 6) is 0. The van der Waals surface area contributed by atoms with E-state index in [9.17, 15) is 5.11 Å². The molecule has 0 fully saturated rings. The van der Waals surface area contributed by atoms with Gasteiger partial charge >= 0.3 is 0 Å². The smallest absolute Gasteiger partial charge is 0.0952 e. The van der Waals surface area contributed by atoms with E-state index in [1.807, 2.05) is 6.33 Å². The lowest BCUT2D eigenvalue weighted by molar-refractivity contribution is 0.0531. The van der Waals surface area contributed by atoms with Gasteiger partial charge in [-0.15, -0.1) is 0 Å². The first-order chi connectivity index (χ1) is 7.31. The van der Waals surface area contributed by atoms with Crippen LogP contribution in [0.3, 0.4) is 0 Å². The van der Waals surface area contributed by atoms with Crippen molar-refractivity contribution in [1.29, 1.82) is 0 Å². The fourth-order valence-electron chi connectivity index (χ4n) is 2.16. The van der Waals surface area contributed by atoms with E-state index in [1.54, 1.807) is 7.11 Å². The number of aryl methyl sites for hydroxylation is 1. The van der Waals surface area contributed by atoms with Gasteiger partial charge in [0.2, 0.25) is 0 Å².